The normalized spacial score (nSPS) is 18.2. The molecule has 2 nitrogen and oxygen atoms in total. The molecule has 1 aliphatic rings. The van der Waals surface area contributed by atoms with Gasteiger partial charge in [-0.2, -0.15) is 0 Å². The summed E-state index contributed by atoms with van der Waals surface area (Å²) in [5, 5.41) is 3.65. The van der Waals surface area contributed by atoms with Gasteiger partial charge in [-0.25, -0.2) is 0 Å². The van der Waals surface area contributed by atoms with E-state index in [1.165, 1.54) is 36.9 Å². The maximum atomic E-state index is 3.65. The van der Waals surface area contributed by atoms with Crippen LogP contribution in [0.1, 0.15) is 50.3 Å². The number of hydrogen-bond donors (Lipinski definition) is 1. The van der Waals surface area contributed by atoms with Crippen molar-refractivity contribution in [1.29, 1.82) is 0 Å². The van der Waals surface area contributed by atoms with Crippen molar-refractivity contribution in [3.63, 3.8) is 0 Å². The van der Waals surface area contributed by atoms with Crippen LogP contribution in [0.3, 0.4) is 0 Å². The van der Waals surface area contributed by atoms with E-state index in [1.54, 1.807) is 0 Å². The highest BCUT2D eigenvalue weighted by Gasteiger charge is 2.30. The van der Waals surface area contributed by atoms with E-state index >= 15 is 0 Å². The van der Waals surface area contributed by atoms with Crippen LogP contribution in [0.5, 0.6) is 0 Å². The van der Waals surface area contributed by atoms with E-state index < -0.39 is 0 Å². The molecule has 0 radical (unpaired) electrons. The summed E-state index contributed by atoms with van der Waals surface area (Å²) in [7, 11) is 2.28. The Hall–Kier alpha value is -0.860. The number of rotatable bonds is 8. The lowest BCUT2D eigenvalue weighted by Crippen LogP contribution is -2.34. The molecule has 2 rings (SSSR count). The van der Waals surface area contributed by atoms with E-state index in [2.05, 4.69) is 62.3 Å². The number of benzene rings is 1. The largest absolute Gasteiger partial charge is 0.310 e. The average Bonchev–Trinajstić information content (AvgIpc) is 3.27. The molecular formula is C18H30N2. The highest BCUT2D eigenvalue weighted by atomic mass is 15.1. The SMILES string of the molecule is CCNC(CCN(C)C(C)C1CC1)c1ccccc1C. The summed E-state index contributed by atoms with van der Waals surface area (Å²) in [6.45, 7) is 9.00. The van der Waals surface area contributed by atoms with Gasteiger partial charge in [0.05, 0.1) is 0 Å². The molecule has 1 fully saturated rings. The zero-order chi connectivity index (χ0) is 14.5. The van der Waals surface area contributed by atoms with Crippen LogP contribution in [0.15, 0.2) is 24.3 Å². The lowest BCUT2D eigenvalue weighted by atomic mass is 9.98. The quantitative estimate of drug-likeness (QED) is 0.776. The third kappa shape index (κ3) is 4.07. The van der Waals surface area contributed by atoms with Gasteiger partial charge >= 0.3 is 0 Å². The highest BCUT2D eigenvalue weighted by Crippen LogP contribution is 2.35. The lowest BCUT2D eigenvalue weighted by Gasteiger charge is -2.28. The van der Waals surface area contributed by atoms with Gasteiger partial charge in [0.15, 0.2) is 0 Å². The molecule has 1 aliphatic carbocycles. The number of nitrogens with zero attached hydrogens (tertiary/aromatic N) is 1. The minimum absolute atomic E-state index is 0.482. The smallest absolute Gasteiger partial charge is 0.0334 e. The molecule has 1 saturated carbocycles. The minimum Gasteiger partial charge on any atom is -0.310 e. The number of hydrogen-bond acceptors (Lipinski definition) is 2. The van der Waals surface area contributed by atoms with Crippen LogP contribution in [0.2, 0.25) is 0 Å². The zero-order valence-corrected chi connectivity index (χ0v) is 13.5. The fourth-order valence-corrected chi connectivity index (χ4v) is 3.07. The van der Waals surface area contributed by atoms with Crippen molar-refractivity contribution < 1.29 is 0 Å². The van der Waals surface area contributed by atoms with Crippen molar-refractivity contribution in [2.75, 3.05) is 20.1 Å². The zero-order valence-electron chi connectivity index (χ0n) is 13.5. The number of nitrogens with one attached hydrogen (secondary N) is 1. The summed E-state index contributed by atoms with van der Waals surface area (Å²) in [6, 6.07) is 10.00. The Morgan fingerprint density at radius 2 is 2.00 bits per heavy atom. The Bertz CT molecular complexity index is 412. The molecule has 0 amide bonds. The first kappa shape index (κ1) is 15.5. The van der Waals surface area contributed by atoms with Crippen molar-refractivity contribution in [2.24, 2.45) is 5.92 Å². The van der Waals surface area contributed by atoms with Gasteiger partial charge in [-0.3, -0.25) is 0 Å². The molecule has 2 heteroatoms. The van der Waals surface area contributed by atoms with E-state index in [0.29, 0.717) is 6.04 Å². The van der Waals surface area contributed by atoms with Crippen molar-refractivity contribution in [1.82, 2.24) is 10.2 Å². The molecule has 0 spiro atoms. The molecule has 1 N–H and O–H groups in total. The number of aryl methyl sites for hydroxylation is 1. The lowest BCUT2D eigenvalue weighted by molar-refractivity contribution is 0.222. The van der Waals surface area contributed by atoms with Gasteiger partial charge in [-0.15, -0.1) is 0 Å². The van der Waals surface area contributed by atoms with Gasteiger partial charge in [-0.1, -0.05) is 31.2 Å². The summed E-state index contributed by atoms with van der Waals surface area (Å²) in [4.78, 5) is 2.54. The van der Waals surface area contributed by atoms with Crippen LogP contribution in [-0.2, 0) is 0 Å². The monoisotopic (exact) mass is 274 g/mol. The van der Waals surface area contributed by atoms with Crippen LogP contribution in [0.25, 0.3) is 0 Å². The van der Waals surface area contributed by atoms with Crippen molar-refractivity contribution in [3.05, 3.63) is 35.4 Å². The third-order valence-corrected chi connectivity index (χ3v) is 4.78. The van der Waals surface area contributed by atoms with E-state index in [9.17, 15) is 0 Å². The Balaban J connectivity index is 1.93. The highest BCUT2D eigenvalue weighted by molar-refractivity contribution is 5.28. The summed E-state index contributed by atoms with van der Waals surface area (Å²) in [6.07, 6.45) is 4.05. The van der Waals surface area contributed by atoms with E-state index in [1.807, 2.05) is 0 Å². The summed E-state index contributed by atoms with van der Waals surface area (Å²) in [5.41, 5.74) is 2.86. The molecule has 1 aromatic carbocycles. The van der Waals surface area contributed by atoms with Crippen LogP contribution >= 0.6 is 0 Å². The van der Waals surface area contributed by atoms with Gasteiger partial charge < -0.3 is 10.2 Å². The van der Waals surface area contributed by atoms with Crippen LogP contribution in [0.4, 0.5) is 0 Å². The van der Waals surface area contributed by atoms with Crippen LogP contribution < -0.4 is 5.32 Å². The standard InChI is InChI=1S/C18H30N2/c1-5-19-18(17-9-7-6-8-14(17)2)12-13-20(4)15(3)16-10-11-16/h6-9,15-16,18-19H,5,10-13H2,1-4H3. The van der Waals surface area contributed by atoms with Gasteiger partial charge in [0.1, 0.15) is 0 Å². The molecule has 2 unspecified atom stereocenters. The molecule has 1 aromatic rings. The molecule has 0 bridgehead atoms. The first-order valence-corrected chi connectivity index (χ1v) is 8.12. The van der Waals surface area contributed by atoms with Gasteiger partial charge in [0.25, 0.3) is 0 Å². The molecule has 0 saturated heterocycles. The maximum Gasteiger partial charge on any atom is 0.0334 e. The second-order valence-electron chi connectivity index (χ2n) is 6.31. The minimum atomic E-state index is 0.482. The topological polar surface area (TPSA) is 15.3 Å². The molecule has 0 aliphatic heterocycles. The molecule has 2 atom stereocenters. The molecule has 20 heavy (non-hydrogen) atoms. The predicted molar refractivity (Wildman–Crippen MR) is 87.0 cm³/mol. The molecule has 0 heterocycles. The maximum absolute atomic E-state index is 3.65. The summed E-state index contributed by atoms with van der Waals surface area (Å²) in [5.74, 6) is 0.955. The Morgan fingerprint density at radius 1 is 1.30 bits per heavy atom. The fraction of sp³-hybridized carbons (Fsp3) is 0.667. The first-order valence-electron chi connectivity index (χ1n) is 8.12. The van der Waals surface area contributed by atoms with Crippen molar-refractivity contribution in [2.45, 2.75) is 52.1 Å². The van der Waals surface area contributed by atoms with Gasteiger partial charge in [0, 0.05) is 12.1 Å². The average molecular weight is 274 g/mol. The first-order chi connectivity index (χ1) is 9.63. The van der Waals surface area contributed by atoms with Gasteiger partial charge in [-0.05, 0) is 70.3 Å². The second-order valence-corrected chi connectivity index (χ2v) is 6.31. The predicted octanol–water partition coefficient (Wildman–Crippen LogP) is 3.77. The van der Waals surface area contributed by atoms with Crippen molar-refractivity contribution >= 4 is 0 Å². The summed E-state index contributed by atoms with van der Waals surface area (Å²) >= 11 is 0. The molecule has 112 valence electrons. The van der Waals surface area contributed by atoms with Crippen molar-refractivity contribution in [3.8, 4) is 0 Å². The Kier molecular flexibility index (Phi) is 5.62. The molecule has 0 aromatic heterocycles. The van der Waals surface area contributed by atoms with E-state index in [-0.39, 0.29) is 0 Å². The fourth-order valence-electron chi connectivity index (χ4n) is 3.07. The van der Waals surface area contributed by atoms with Crippen LogP contribution in [0, 0.1) is 12.8 Å². The van der Waals surface area contributed by atoms with Gasteiger partial charge in [0.2, 0.25) is 0 Å². The van der Waals surface area contributed by atoms with E-state index in [4.69, 9.17) is 0 Å². The van der Waals surface area contributed by atoms with E-state index in [0.717, 1.165) is 18.5 Å². The third-order valence-electron chi connectivity index (χ3n) is 4.78. The summed E-state index contributed by atoms with van der Waals surface area (Å²) < 4.78 is 0. The Labute approximate surface area is 124 Å². The Morgan fingerprint density at radius 3 is 2.60 bits per heavy atom. The second kappa shape index (κ2) is 7.24. The van der Waals surface area contributed by atoms with Crippen LogP contribution in [-0.4, -0.2) is 31.1 Å². The molecular weight excluding hydrogens is 244 g/mol.